The van der Waals surface area contributed by atoms with Crippen molar-refractivity contribution in [2.75, 3.05) is 0 Å². The zero-order valence-electron chi connectivity index (χ0n) is 8.85. The minimum atomic E-state index is -0.254. The average Bonchev–Trinajstić information content (AvgIpc) is 2.87. The molecule has 16 heavy (non-hydrogen) atoms. The highest BCUT2D eigenvalue weighted by Gasteiger charge is 2.25. The molecule has 3 N–H and O–H groups in total. The van der Waals surface area contributed by atoms with Crippen LogP contribution in [-0.2, 0) is 4.79 Å². The molecule has 0 aliphatic heterocycles. The Balaban J connectivity index is 1.97. The summed E-state index contributed by atoms with van der Waals surface area (Å²) in [5.41, 5.74) is 5.55. The first kappa shape index (κ1) is 10.7. The van der Waals surface area contributed by atoms with E-state index in [4.69, 9.17) is 16.0 Å². The molecule has 2 rings (SSSR count). The van der Waals surface area contributed by atoms with Crippen LogP contribution in [0.4, 0.5) is 0 Å². The van der Waals surface area contributed by atoms with Crippen LogP contribution >= 0.6 is 0 Å². The molecule has 0 aromatic carbocycles. The Kier molecular flexibility index (Phi) is 2.89. The van der Waals surface area contributed by atoms with Crippen LogP contribution < -0.4 is 10.6 Å². The van der Waals surface area contributed by atoms with Crippen molar-refractivity contribution in [2.45, 2.75) is 25.7 Å². The van der Waals surface area contributed by atoms with Gasteiger partial charge in [-0.05, 0) is 18.9 Å². The Morgan fingerprint density at radius 3 is 2.81 bits per heavy atom. The van der Waals surface area contributed by atoms with Crippen LogP contribution in [0.3, 0.4) is 0 Å². The molecule has 0 unspecified atom stereocenters. The summed E-state index contributed by atoms with van der Waals surface area (Å²) in [6.45, 7) is 0. The lowest BCUT2D eigenvalue weighted by atomic mass is 10.1. The molecule has 0 radical (unpaired) electrons. The van der Waals surface area contributed by atoms with Gasteiger partial charge in [0, 0.05) is 0 Å². The number of carbonyl (C=O) groups is 1. The molecule has 86 valence electrons. The third-order valence-corrected chi connectivity index (χ3v) is 2.71. The number of nitrogen functional groups attached to an aromatic ring is 1. The molecule has 1 saturated carbocycles. The molecule has 0 saturated heterocycles. The second kappa shape index (κ2) is 4.34. The van der Waals surface area contributed by atoms with Crippen LogP contribution in [0, 0.1) is 11.3 Å². The van der Waals surface area contributed by atoms with Crippen LogP contribution in [0.5, 0.6) is 0 Å². The van der Waals surface area contributed by atoms with Gasteiger partial charge < -0.3 is 10.6 Å². The van der Waals surface area contributed by atoms with Crippen LogP contribution in [0.25, 0.3) is 0 Å². The number of nitrogens with one attached hydrogen (secondary N) is 1. The first-order valence-corrected chi connectivity index (χ1v) is 5.29. The number of nitrogens with zero attached hydrogens (tertiary/aromatic N) is 2. The molecule has 1 heterocycles. The quantitative estimate of drug-likeness (QED) is 0.568. The fourth-order valence-corrected chi connectivity index (χ4v) is 1.83. The first-order chi connectivity index (χ1) is 7.66. The molecule has 6 nitrogen and oxygen atoms in total. The molecule has 1 fully saturated rings. The predicted molar refractivity (Wildman–Crippen MR) is 56.8 cm³/mol. The number of carbonyl (C=O) groups excluding carboxylic acids is 1. The van der Waals surface area contributed by atoms with E-state index in [2.05, 4.69) is 5.10 Å². The Hall–Kier alpha value is -1.85. The Bertz CT molecular complexity index is 407. The zero-order chi connectivity index (χ0) is 11.5. The van der Waals surface area contributed by atoms with Gasteiger partial charge in [-0.1, -0.05) is 17.7 Å². The van der Waals surface area contributed by atoms with Crippen molar-refractivity contribution in [3.63, 3.8) is 0 Å². The summed E-state index contributed by atoms with van der Waals surface area (Å²) in [6, 6.07) is 1.53. The van der Waals surface area contributed by atoms with Gasteiger partial charge >= 0.3 is 5.97 Å². The van der Waals surface area contributed by atoms with E-state index in [1.807, 2.05) is 0 Å². The maximum atomic E-state index is 11.6. The van der Waals surface area contributed by atoms with Crippen LogP contribution in [0.1, 0.15) is 31.4 Å². The summed E-state index contributed by atoms with van der Waals surface area (Å²) in [5.74, 6) is -0.406. The van der Waals surface area contributed by atoms with Crippen molar-refractivity contribution in [2.24, 2.45) is 11.7 Å². The number of hydrogen-bond donors (Lipinski definition) is 2. The van der Waals surface area contributed by atoms with Crippen molar-refractivity contribution >= 4 is 11.8 Å². The minimum absolute atomic E-state index is 0.00928. The summed E-state index contributed by atoms with van der Waals surface area (Å²) < 4.78 is 0. The van der Waals surface area contributed by atoms with Crippen molar-refractivity contribution in [1.82, 2.24) is 9.94 Å². The SMILES string of the molecule is N=C(N)c1ccn(OC(=O)C2CCCC2)n1. The summed E-state index contributed by atoms with van der Waals surface area (Å²) in [4.78, 5) is 17.7. The molecule has 6 heteroatoms. The van der Waals surface area contributed by atoms with Gasteiger partial charge in [0.1, 0.15) is 11.5 Å². The van der Waals surface area contributed by atoms with E-state index in [0.717, 1.165) is 30.5 Å². The third-order valence-electron chi connectivity index (χ3n) is 2.71. The van der Waals surface area contributed by atoms with E-state index in [-0.39, 0.29) is 17.7 Å². The minimum Gasteiger partial charge on any atom is -0.382 e. The van der Waals surface area contributed by atoms with Crippen molar-refractivity contribution in [3.05, 3.63) is 18.0 Å². The maximum absolute atomic E-state index is 11.6. The lowest BCUT2D eigenvalue weighted by Crippen LogP contribution is -2.26. The van der Waals surface area contributed by atoms with Crippen molar-refractivity contribution in [3.8, 4) is 0 Å². The summed E-state index contributed by atoms with van der Waals surface area (Å²) in [5, 5.41) is 11.0. The molecular formula is C10H14N4O2. The van der Waals surface area contributed by atoms with Crippen LogP contribution in [0.2, 0.25) is 0 Å². The van der Waals surface area contributed by atoms with E-state index in [1.54, 1.807) is 0 Å². The summed E-state index contributed by atoms with van der Waals surface area (Å²) in [7, 11) is 0. The topological polar surface area (TPSA) is 94.0 Å². The lowest BCUT2D eigenvalue weighted by Gasteiger charge is -2.07. The van der Waals surface area contributed by atoms with Gasteiger partial charge in [0.25, 0.3) is 0 Å². The van der Waals surface area contributed by atoms with E-state index in [9.17, 15) is 4.79 Å². The van der Waals surface area contributed by atoms with Gasteiger partial charge in [-0.15, -0.1) is 5.10 Å². The molecule has 1 aromatic heterocycles. The van der Waals surface area contributed by atoms with Crippen molar-refractivity contribution < 1.29 is 9.63 Å². The third kappa shape index (κ3) is 2.21. The van der Waals surface area contributed by atoms with Gasteiger partial charge in [0.2, 0.25) is 0 Å². The van der Waals surface area contributed by atoms with Gasteiger partial charge in [-0.2, -0.15) is 0 Å². The molecular weight excluding hydrogens is 208 g/mol. The van der Waals surface area contributed by atoms with Gasteiger partial charge in [-0.3, -0.25) is 5.41 Å². The van der Waals surface area contributed by atoms with Gasteiger partial charge in [0.05, 0.1) is 12.1 Å². The van der Waals surface area contributed by atoms with Crippen LogP contribution in [0.15, 0.2) is 12.3 Å². The standard InChI is InChI=1S/C10H14N4O2/c11-9(12)8-5-6-14(13-8)16-10(15)7-3-1-2-4-7/h5-7H,1-4H2,(H3,11,12). The largest absolute Gasteiger partial charge is 0.382 e. The predicted octanol–water partition coefficient (Wildman–Crippen LogP) is 0.313. The Labute approximate surface area is 92.8 Å². The number of nitrogens with two attached hydrogens (primary N) is 1. The molecule has 1 aromatic rings. The maximum Gasteiger partial charge on any atom is 0.337 e. The summed E-state index contributed by atoms with van der Waals surface area (Å²) >= 11 is 0. The smallest absolute Gasteiger partial charge is 0.337 e. The number of aromatic nitrogens is 2. The fraction of sp³-hybridized carbons (Fsp3) is 0.500. The van der Waals surface area contributed by atoms with Gasteiger partial charge in [0.15, 0.2) is 0 Å². The first-order valence-electron chi connectivity index (χ1n) is 5.29. The van der Waals surface area contributed by atoms with E-state index < -0.39 is 0 Å². The summed E-state index contributed by atoms with van der Waals surface area (Å²) in [6.07, 6.45) is 5.41. The van der Waals surface area contributed by atoms with Crippen molar-refractivity contribution in [1.29, 1.82) is 5.41 Å². The molecule has 0 amide bonds. The molecule has 0 atom stereocenters. The lowest BCUT2D eigenvalue weighted by molar-refractivity contribution is -0.150. The Morgan fingerprint density at radius 1 is 1.56 bits per heavy atom. The highest BCUT2D eigenvalue weighted by atomic mass is 16.7. The highest BCUT2D eigenvalue weighted by molar-refractivity contribution is 5.92. The fourth-order valence-electron chi connectivity index (χ4n) is 1.83. The zero-order valence-corrected chi connectivity index (χ0v) is 8.85. The average molecular weight is 222 g/mol. The Morgan fingerprint density at radius 2 is 2.25 bits per heavy atom. The highest BCUT2D eigenvalue weighted by Crippen LogP contribution is 2.24. The molecule has 1 aliphatic rings. The molecule has 0 spiro atoms. The number of amidine groups is 1. The second-order valence-electron chi connectivity index (χ2n) is 3.91. The second-order valence-corrected chi connectivity index (χ2v) is 3.91. The van der Waals surface area contributed by atoms with Crippen LogP contribution in [-0.4, -0.2) is 21.7 Å². The monoisotopic (exact) mass is 222 g/mol. The molecule has 1 aliphatic carbocycles. The number of hydrogen-bond acceptors (Lipinski definition) is 4. The van der Waals surface area contributed by atoms with E-state index >= 15 is 0 Å². The van der Waals surface area contributed by atoms with E-state index in [1.165, 1.54) is 12.3 Å². The van der Waals surface area contributed by atoms with E-state index in [0.29, 0.717) is 5.69 Å². The van der Waals surface area contributed by atoms with Gasteiger partial charge in [-0.25, -0.2) is 4.79 Å². The normalized spacial score (nSPS) is 16.2. The number of rotatable bonds is 3. The molecule has 0 bridgehead atoms.